The zero-order valence-electron chi connectivity index (χ0n) is 21.6. The summed E-state index contributed by atoms with van der Waals surface area (Å²) in [7, 11) is 1.59. The van der Waals surface area contributed by atoms with E-state index in [1.54, 1.807) is 18.8 Å². The predicted molar refractivity (Wildman–Crippen MR) is 137 cm³/mol. The summed E-state index contributed by atoms with van der Waals surface area (Å²) < 4.78 is 51.8. The number of methoxy groups -OCH3 is 1. The number of hydroxylamine groups is 1. The maximum atomic E-state index is 14.0. The fraction of sp³-hybridized carbons (Fsp3) is 0.429. The lowest BCUT2D eigenvalue weighted by Crippen LogP contribution is -2.47. The van der Waals surface area contributed by atoms with Crippen molar-refractivity contribution in [2.75, 3.05) is 26.8 Å². The quantitative estimate of drug-likeness (QED) is 0.245. The minimum Gasteiger partial charge on any atom is -0.497 e. The van der Waals surface area contributed by atoms with Crippen LogP contribution in [0.4, 0.5) is 13.2 Å². The highest BCUT2D eigenvalue weighted by Crippen LogP contribution is 2.30. The summed E-state index contributed by atoms with van der Waals surface area (Å²) in [6.07, 6.45) is 4.72. The molecule has 2 heterocycles. The van der Waals surface area contributed by atoms with Gasteiger partial charge in [0.25, 0.3) is 0 Å². The van der Waals surface area contributed by atoms with E-state index in [1.165, 1.54) is 0 Å². The minimum atomic E-state index is -1.11. The second kappa shape index (κ2) is 13.1. The molecule has 1 aliphatic heterocycles. The van der Waals surface area contributed by atoms with E-state index in [4.69, 9.17) is 14.7 Å². The Hall–Kier alpha value is -3.41. The fourth-order valence-electron chi connectivity index (χ4n) is 5.30. The van der Waals surface area contributed by atoms with Crippen molar-refractivity contribution in [1.82, 2.24) is 15.4 Å². The Morgan fingerprint density at radius 3 is 2.67 bits per heavy atom. The van der Waals surface area contributed by atoms with Crippen molar-refractivity contribution in [2.45, 2.75) is 44.8 Å². The number of benzene rings is 2. The van der Waals surface area contributed by atoms with E-state index < -0.39 is 29.1 Å². The van der Waals surface area contributed by atoms with E-state index >= 15 is 0 Å². The van der Waals surface area contributed by atoms with Crippen molar-refractivity contribution < 1.29 is 37.8 Å². The molecule has 2 aromatic carbocycles. The number of carbonyl (C=O) groups excluding carboxylic acids is 1. The lowest BCUT2D eigenvalue weighted by molar-refractivity contribution is -0.135. The molecule has 4 rings (SSSR count). The van der Waals surface area contributed by atoms with Gasteiger partial charge in [0.1, 0.15) is 18.2 Å². The number of aliphatic hydroxyl groups excluding tert-OH is 1. The Bertz CT molecular complexity index is 1280. The van der Waals surface area contributed by atoms with Gasteiger partial charge in [-0.25, -0.2) is 18.7 Å². The topological polar surface area (TPSA) is 104 Å². The molecule has 0 bridgehead atoms. The standard InChI is InChI=1S/C28H32F3N3O5/c1-38-21-5-6-26-23(14-21)22(18(16-35)15-32-26)4-2-3-20-11-17(28(36)33-37)7-8-34(20)9-10-39-27-24(30)12-19(29)13-25(27)31/h5-6,12-15,17,20,35,37H,2-4,7-11,16H2,1H3,(H,33,36). The number of aromatic nitrogens is 1. The lowest BCUT2D eigenvalue weighted by Gasteiger charge is -2.39. The fourth-order valence-corrected chi connectivity index (χ4v) is 5.30. The average Bonchev–Trinajstić information content (AvgIpc) is 2.94. The largest absolute Gasteiger partial charge is 0.497 e. The first-order valence-electron chi connectivity index (χ1n) is 12.8. The molecule has 1 saturated heterocycles. The van der Waals surface area contributed by atoms with Crippen molar-refractivity contribution in [1.29, 1.82) is 0 Å². The molecule has 39 heavy (non-hydrogen) atoms. The normalized spacial score (nSPS) is 17.8. The number of likely N-dealkylation sites (tertiary alicyclic amines) is 1. The number of halogens is 3. The molecule has 3 aromatic rings. The number of pyridine rings is 1. The molecule has 3 N–H and O–H groups in total. The maximum Gasteiger partial charge on any atom is 0.246 e. The summed E-state index contributed by atoms with van der Waals surface area (Å²) in [5.74, 6) is -3.99. The Balaban J connectivity index is 1.45. The van der Waals surface area contributed by atoms with Gasteiger partial charge in [-0.1, -0.05) is 0 Å². The first-order chi connectivity index (χ1) is 18.8. The number of hydrogen-bond acceptors (Lipinski definition) is 7. The average molecular weight is 548 g/mol. The minimum absolute atomic E-state index is 0.0315. The summed E-state index contributed by atoms with van der Waals surface area (Å²) in [5, 5.41) is 20.0. The van der Waals surface area contributed by atoms with Gasteiger partial charge in [-0.2, -0.15) is 0 Å². The predicted octanol–water partition coefficient (Wildman–Crippen LogP) is 4.14. The molecule has 11 heteroatoms. The lowest BCUT2D eigenvalue weighted by atomic mass is 9.87. The second-order valence-electron chi connectivity index (χ2n) is 9.63. The van der Waals surface area contributed by atoms with Gasteiger partial charge in [0.15, 0.2) is 17.4 Å². The van der Waals surface area contributed by atoms with E-state index in [2.05, 4.69) is 9.88 Å². The summed E-state index contributed by atoms with van der Waals surface area (Å²) in [6.45, 7) is 0.678. The summed E-state index contributed by atoms with van der Waals surface area (Å²) >= 11 is 0. The summed E-state index contributed by atoms with van der Waals surface area (Å²) in [6, 6.07) is 6.67. The van der Waals surface area contributed by atoms with Crippen LogP contribution >= 0.6 is 0 Å². The molecule has 2 atom stereocenters. The molecule has 8 nitrogen and oxygen atoms in total. The first-order valence-corrected chi connectivity index (χ1v) is 12.8. The van der Waals surface area contributed by atoms with Crippen LogP contribution in [0.2, 0.25) is 0 Å². The van der Waals surface area contributed by atoms with Crippen LogP contribution in [0, 0.1) is 23.4 Å². The van der Waals surface area contributed by atoms with Crippen LogP contribution in [0.25, 0.3) is 10.9 Å². The number of amides is 1. The van der Waals surface area contributed by atoms with Crippen LogP contribution in [0.3, 0.4) is 0 Å². The molecule has 0 spiro atoms. The molecule has 1 aliphatic rings. The zero-order valence-corrected chi connectivity index (χ0v) is 21.6. The number of aryl methyl sites for hydroxylation is 1. The molecule has 0 aliphatic carbocycles. The molecule has 0 radical (unpaired) electrons. The molecule has 1 fully saturated rings. The van der Waals surface area contributed by atoms with Crippen molar-refractivity contribution in [3.8, 4) is 11.5 Å². The smallest absolute Gasteiger partial charge is 0.246 e. The summed E-state index contributed by atoms with van der Waals surface area (Å²) in [4.78, 5) is 18.7. The van der Waals surface area contributed by atoms with Crippen LogP contribution in [0.1, 0.15) is 36.8 Å². The van der Waals surface area contributed by atoms with E-state index in [9.17, 15) is 23.1 Å². The van der Waals surface area contributed by atoms with Gasteiger partial charge in [-0.3, -0.25) is 19.9 Å². The van der Waals surface area contributed by atoms with Gasteiger partial charge >= 0.3 is 0 Å². The van der Waals surface area contributed by atoms with E-state index in [0.29, 0.717) is 56.7 Å². The van der Waals surface area contributed by atoms with Crippen LogP contribution in [0.5, 0.6) is 11.5 Å². The number of rotatable bonds is 11. The first kappa shape index (κ1) is 28.6. The van der Waals surface area contributed by atoms with Gasteiger partial charge < -0.3 is 14.6 Å². The molecule has 210 valence electrons. The van der Waals surface area contributed by atoms with E-state index in [1.807, 2.05) is 18.2 Å². The van der Waals surface area contributed by atoms with Crippen LogP contribution < -0.4 is 15.0 Å². The van der Waals surface area contributed by atoms with E-state index in [-0.39, 0.29) is 25.2 Å². The zero-order chi connectivity index (χ0) is 27.9. The Labute approximate surface area is 224 Å². The number of piperidine rings is 1. The van der Waals surface area contributed by atoms with Crippen molar-refractivity contribution in [3.63, 3.8) is 0 Å². The Morgan fingerprint density at radius 1 is 1.21 bits per heavy atom. The van der Waals surface area contributed by atoms with Gasteiger partial charge in [0.2, 0.25) is 5.91 Å². The monoisotopic (exact) mass is 547 g/mol. The van der Waals surface area contributed by atoms with Crippen molar-refractivity contribution in [2.24, 2.45) is 5.92 Å². The molecular formula is C28H32F3N3O5. The molecule has 0 saturated carbocycles. The molecule has 1 amide bonds. The third-order valence-corrected chi connectivity index (χ3v) is 7.32. The van der Waals surface area contributed by atoms with Gasteiger partial charge in [-0.15, -0.1) is 0 Å². The number of fused-ring (bicyclic) bond motifs is 1. The van der Waals surface area contributed by atoms with Gasteiger partial charge in [0.05, 0.1) is 19.2 Å². The number of hydrogen-bond donors (Lipinski definition) is 3. The molecule has 1 aromatic heterocycles. The maximum absolute atomic E-state index is 14.0. The third-order valence-electron chi connectivity index (χ3n) is 7.32. The SMILES string of the molecule is COc1ccc2ncc(CO)c(CCCC3CC(C(=O)NO)CCN3CCOc3c(F)cc(F)cc3F)c2c1. The number of ether oxygens (including phenoxy) is 2. The van der Waals surface area contributed by atoms with Crippen molar-refractivity contribution in [3.05, 3.63) is 65.1 Å². The number of carbonyl (C=O) groups is 1. The van der Waals surface area contributed by atoms with Gasteiger partial charge in [-0.05, 0) is 68.0 Å². The second-order valence-corrected chi connectivity index (χ2v) is 9.63. The highest BCUT2D eigenvalue weighted by molar-refractivity contribution is 5.84. The van der Waals surface area contributed by atoms with Gasteiger partial charge in [0, 0.05) is 42.2 Å². The van der Waals surface area contributed by atoms with Crippen LogP contribution in [0.15, 0.2) is 36.5 Å². The van der Waals surface area contributed by atoms with Crippen LogP contribution in [-0.4, -0.2) is 59.0 Å². The highest BCUT2D eigenvalue weighted by atomic mass is 19.1. The molecular weight excluding hydrogens is 515 g/mol. The van der Waals surface area contributed by atoms with Crippen LogP contribution in [-0.2, 0) is 17.8 Å². The van der Waals surface area contributed by atoms with Crippen molar-refractivity contribution >= 4 is 16.8 Å². The number of nitrogens with one attached hydrogen (secondary N) is 1. The highest BCUT2D eigenvalue weighted by Gasteiger charge is 2.32. The summed E-state index contributed by atoms with van der Waals surface area (Å²) in [5.41, 5.74) is 4.23. The number of aliphatic hydroxyl groups is 1. The Morgan fingerprint density at radius 2 is 1.97 bits per heavy atom. The van der Waals surface area contributed by atoms with E-state index in [0.717, 1.165) is 28.5 Å². The Kier molecular flexibility index (Phi) is 9.60. The number of nitrogens with zero attached hydrogens (tertiary/aromatic N) is 2. The molecule has 2 unspecified atom stereocenters. The third kappa shape index (κ3) is 6.78.